The molecule has 0 nitrogen and oxygen atoms in total. The Morgan fingerprint density at radius 1 is 0.531 bits per heavy atom. The SMILES string of the molecule is Cc1ccc(-c2ccc3c(c2)C(C)(C)c2cc4c5c(cccc5c2-3)-c2ccccc2-4)cc1. The van der Waals surface area contributed by atoms with Crippen LogP contribution < -0.4 is 0 Å². The van der Waals surface area contributed by atoms with E-state index in [1.165, 1.54) is 72.0 Å². The molecule has 0 saturated carbocycles. The smallest absolute Gasteiger partial charge is 0.0159 e. The maximum atomic E-state index is 2.48. The monoisotopic (exact) mass is 408 g/mol. The summed E-state index contributed by atoms with van der Waals surface area (Å²) in [4.78, 5) is 0. The third-order valence-electron chi connectivity index (χ3n) is 7.69. The molecule has 0 fully saturated rings. The summed E-state index contributed by atoms with van der Waals surface area (Å²) in [5.41, 5.74) is 15.0. The lowest BCUT2D eigenvalue weighted by molar-refractivity contribution is 0.661. The first kappa shape index (κ1) is 18.0. The van der Waals surface area contributed by atoms with Crippen molar-refractivity contribution in [2.45, 2.75) is 26.2 Å². The number of hydrogen-bond donors (Lipinski definition) is 0. The Bertz CT molecular complexity index is 1580. The fourth-order valence-corrected chi connectivity index (χ4v) is 6.01. The van der Waals surface area contributed by atoms with Gasteiger partial charge < -0.3 is 0 Å². The minimum atomic E-state index is -0.0381. The summed E-state index contributed by atoms with van der Waals surface area (Å²) in [5, 5.41) is 2.81. The summed E-state index contributed by atoms with van der Waals surface area (Å²) in [6.45, 7) is 6.92. The third kappa shape index (κ3) is 2.17. The van der Waals surface area contributed by atoms with Crippen molar-refractivity contribution in [3.05, 3.63) is 108 Å². The molecule has 2 aliphatic carbocycles. The first-order valence-corrected chi connectivity index (χ1v) is 11.5. The van der Waals surface area contributed by atoms with Gasteiger partial charge >= 0.3 is 0 Å². The van der Waals surface area contributed by atoms with Crippen LogP contribution in [0.15, 0.2) is 91.0 Å². The van der Waals surface area contributed by atoms with Gasteiger partial charge in [-0.1, -0.05) is 98.3 Å². The van der Waals surface area contributed by atoms with Crippen LogP contribution in [-0.4, -0.2) is 0 Å². The lowest BCUT2D eigenvalue weighted by atomic mass is 9.80. The molecule has 7 rings (SSSR count). The first-order valence-electron chi connectivity index (χ1n) is 11.5. The zero-order chi connectivity index (χ0) is 21.6. The maximum absolute atomic E-state index is 2.48. The molecule has 152 valence electrons. The van der Waals surface area contributed by atoms with E-state index in [0.717, 1.165) is 0 Å². The lowest BCUT2D eigenvalue weighted by Gasteiger charge is -2.23. The molecule has 5 aromatic rings. The van der Waals surface area contributed by atoms with Crippen LogP contribution in [0.25, 0.3) is 55.3 Å². The molecule has 0 atom stereocenters. The van der Waals surface area contributed by atoms with Gasteiger partial charge in [-0.2, -0.15) is 0 Å². The fraction of sp³-hybridized carbons (Fsp3) is 0.125. The zero-order valence-electron chi connectivity index (χ0n) is 18.7. The van der Waals surface area contributed by atoms with E-state index in [1.807, 2.05) is 0 Å². The first-order chi connectivity index (χ1) is 15.5. The zero-order valence-corrected chi connectivity index (χ0v) is 18.7. The average molecular weight is 409 g/mol. The summed E-state index contributed by atoms with van der Waals surface area (Å²) < 4.78 is 0. The number of hydrogen-bond acceptors (Lipinski definition) is 0. The number of fused-ring (bicyclic) bond motifs is 7. The number of rotatable bonds is 1. The van der Waals surface area contributed by atoms with E-state index < -0.39 is 0 Å². The van der Waals surface area contributed by atoms with Gasteiger partial charge in [0.05, 0.1) is 0 Å². The van der Waals surface area contributed by atoms with Crippen LogP contribution in [0.5, 0.6) is 0 Å². The highest BCUT2D eigenvalue weighted by molar-refractivity contribution is 6.20. The Hall–Kier alpha value is -3.64. The molecule has 0 saturated heterocycles. The second-order valence-corrected chi connectivity index (χ2v) is 9.87. The van der Waals surface area contributed by atoms with Crippen LogP contribution >= 0.6 is 0 Å². The van der Waals surface area contributed by atoms with E-state index in [4.69, 9.17) is 0 Å². The highest BCUT2D eigenvalue weighted by Crippen LogP contribution is 2.57. The largest absolute Gasteiger partial charge is 0.0616 e. The normalized spacial score (nSPS) is 14.3. The Kier molecular flexibility index (Phi) is 3.36. The predicted molar refractivity (Wildman–Crippen MR) is 136 cm³/mol. The summed E-state index contributed by atoms with van der Waals surface area (Å²) in [6, 6.07) is 34.1. The van der Waals surface area contributed by atoms with Gasteiger partial charge in [-0.3, -0.25) is 0 Å². The van der Waals surface area contributed by atoms with E-state index in [9.17, 15) is 0 Å². The summed E-state index contributed by atoms with van der Waals surface area (Å²) in [5.74, 6) is 0. The molecule has 0 amide bonds. The second kappa shape index (κ2) is 5.99. The van der Waals surface area contributed by atoms with Gasteiger partial charge in [0.1, 0.15) is 0 Å². The molecular formula is C32H24. The molecule has 0 spiro atoms. The molecule has 0 unspecified atom stereocenters. The van der Waals surface area contributed by atoms with E-state index in [2.05, 4.69) is 112 Å². The maximum Gasteiger partial charge on any atom is 0.0159 e. The van der Waals surface area contributed by atoms with Gasteiger partial charge in [0.2, 0.25) is 0 Å². The van der Waals surface area contributed by atoms with E-state index in [-0.39, 0.29) is 5.41 Å². The van der Waals surface area contributed by atoms with Gasteiger partial charge in [-0.25, -0.2) is 0 Å². The minimum Gasteiger partial charge on any atom is -0.0616 e. The highest BCUT2D eigenvalue weighted by atomic mass is 14.4. The molecule has 32 heavy (non-hydrogen) atoms. The van der Waals surface area contributed by atoms with Crippen LogP contribution in [0.1, 0.15) is 30.5 Å². The lowest BCUT2D eigenvalue weighted by Crippen LogP contribution is -2.15. The second-order valence-electron chi connectivity index (χ2n) is 9.87. The number of benzene rings is 5. The van der Waals surface area contributed by atoms with Crippen molar-refractivity contribution in [1.82, 2.24) is 0 Å². The predicted octanol–water partition coefficient (Wildman–Crippen LogP) is 8.77. The van der Waals surface area contributed by atoms with Crippen LogP contribution in [0.2, 0.25) is 0 Å². The molecule has 5 aromatic carbocycles. The van der Waals surface area contributed by atoms with Crippen molar-refractivity contribution in [3.8, 4) is 44.5 Å². The molecule has 0 bridgehead atoms. The summed E-state index contributed by atoms with van der Waals surface area (Å²) in [7, 11) is 0. The molecule has 0 aromatic heterocycles. The fourth-order valence-electron chi connectivity index (χ4n) is 6.01. The van der Waals surface area contributed by atoms with Crippen molar-refractivity contribution >= 4 is 10.8 Å². The molecule has 0 heterocycles. The topological polar surface area (TPSA) is 0 Å². The summed E-state index contributed by atoms with van der Waals surface area (Å²) in [6.07, 6.45) is 0. The standard InChI is InChI=1S/C32H24/c1-19-11-13-20(14-12-19)21-15-16-25-28(17-21)32(2,3)29-18-27-23-8-5-4-7-22(23)24-9-6-10-26(30(24)27)31(25)29/h4-18H,1-3H3. The molecule has 0 aliphatic heterocycles. The van der Waals surface area contributed by atoms with Gasteiger partial charge in [0.15, 0.2) is 0 Å². The summed E-state index contributed by atoms with van der Waals surface area (Å²) >= 11 is 0. The number of aryl methyl sites for hydroxylation is 1. The quantitative estimate of drug-likeness (QED) is 0.255. The molecular weight excluding hydrogens is 384 g/mol. The Morgan fingerprint density at radius 2 is 1.22 bits per heavy atom. The van der Waals surface area contributed by atoms with Crippen LogP contribution in [0.3, 0.4) is 0 Å². The van der Waals surface area contributed by atoms with Crippen molar-refractivity contribution in [3.63, 3.8) is 0 Å². The van der Waals surface area contributed by atoms with Crippen molar-refractivity contribution in [2.75, 3.05) is 0 Å². The Balaban J connectivity index is 1.53. The van der Waals surface area contributed by atoms with Gasteiger partial charge in [-0.15, -0.1) is 0 Å². The Morgan fingerprint density at radius 3 is 2.00 bits per heavy atom. The van der Waals surface area contributed by atoms with Gasteiger partial charge in [0.25, 0.3) is 0 Å². The Labute approximate surface area is 189 Å². The van der Waals surface area contributed by atoms with Crippen LogP contribution in [0.4, 0.5) is 0 Å². The van der Waals surface area contributed by atoms with E-state index >= 15 is 0 Å². The minimum absolute atomic E-state index is 0.0381. The van der Waals surface area contributed by atoms with Crippen LogP contribution in [-0.2, 0) is 5.41 Å². The molecule has 0 N–H and O–H groups in total. The average Bonchev–Trinajstić information content (AvgIpc) is 3.26. The molecule has 0 radical (unpaired) electrons. The third-order valence-corrected chi connectivity index (χ3v) is 7.69. The van der Waals surface area contributed by atoms with E-state index in [0.29, 0.717) is 0 Å². The highest BCUT2D eigenvalue weighted by Gasteiger charge is 2.38. The van der Waals surface area contributed by atoms with Gasteiger partial charge in [0, 0.05) is 5.41 Å². The van der Waals surface area contributed by atoms with Gasteiger partial charge in [-0.05, 0) is 85.5 Å². The molecule has 0 heteroatoms. The van der Waals surface area contributed by atoms with Crippen molar-refractivity contribution in [2.24, 2.45) is 0 Å². The van der Waals surface area contributed by atoms with Crippen molar-refractivity contribution in [1.29, 1.82) is 0 Å². The van der Waals surface area contributed by atoms with Crippen molar-refractivity contribution < 1.29 is 0 Å². The van der Waals surface area contributed by atoms with Crippen LogP contribution in [0, 0.1) is 6.92 Å². The molecule has 2 aliphatic rings. The van der Waals surface area contributed by atoms with E-state index in [1.54, 1.807) is 0 Å².